The standard InChI is InChI=1S/C15H17N3O2/c1-20-12-6-2-4-10(8-12)15(19)17-13-7-3-5-11-9-16-18-14(11)13/h2,4,6,8-9,13H,3,5,7H2,1H3,(H,16,18)(H,17,19). The molecule has 1 aromatic carbocycles. The van der Waals surface area contributed by atoms with Gasteiger partial charge in [-0.1, -0.05) is 6.07 Å². The number of nitrogens with zero attached hydrogens (tertiary/aromatic N) is 1. The van der Waals surface area contributed by atoms with Crippen LogP contribution in [-0.2, 0) is 6.42 Å². The number of carbonyl (C=O) groups excluding carboxylic acids is 1. The van der Waals surface area contributed by atoms with Crippen molar-refractivity contribution in [1.29, 1.82) is 0 Å². The van der Waals surface area contributed by atoms with Gasteiger partial charge in [-0.3, -0.25) is 9.89 Å². The van der Waals surface area contributed by atoms with Gasteiger partial charge in [-0.25, -0.2) is 0 Å². The molecule has 1 atom stereocenters. The lowest BCUT2D eigenvalue weighted by atomic mass is 9.93. The molecule has 0 fully saturated rings. The van der Waals surface area contributed by atoms with Crippen LogP contribution < -0.4 is 10.1 Å². The van der Waals surface area contributed by atoms with E-state index in [0.29, 0.717) is 11.3 Å². The molecule has 104 valence electrons. The number of methoxy groups -OCH3 is 1. The van der Waals surface area contributed by atoms with Gasteiger partial charge in [0.2, 0.25) is 0 Å². The SMILES string of the molecule is COc1cccc(C(=O)NC2CCCc3cn[nH]c32)c1. The molecule has 1 aromatic heterocycles. The maximum Gasteiger partial charge on any atom is 0.251 e. The van der Waals surface area contributed by atoms with Crippen molar-refractivity contribution in [3.05, 3.63) is 47.3 Å². The van der Waals surface area contributed by atoms with E-state index in [9.17, 15) is 4.79 Å². The molecule has 1 unspecified atom stereocenters. The van der Waals surface area contributed by atoms with Crippen molar-refractivity contribution in [2.45, 2.75) is 25.3 Å². The molecule has 3 rings (SSSR count). The number of ether oxygens (including phenoxy) is 1. The number of rotatable bonds is 3. The van der Waals surface area contributed by atoms with Gasteiger partial charge in [0.15, 0.2) is 0 Å². The number of aromatic amines is 1. The minimum Gasteiger partial charge on any atom is -0.497 e. The lowest BCUT2D eigenvalue weighted by Gasteiger charge is -2.23. The average molecular weight is 271 g/mol. The number of benzene rings is 1. The van der Waals surface area contributed by atoms with E-state index in [4.69, 9.17) is 4.74 Å². The van der Waals surface area contributed by atoms with Crippen LogP contribution in [0, 0.1) is 0 Å². The maximum absolute atomic E-state index is 12.3. The lowest BCUT2D eigenvalue weighted by molar-refractivity contribution is 0.0931. The molecule has 1 amide bonds. The first-order valence-corrected chi connectivity index (χ1v) is 6.75. The average Bonchev–Trinajstić information content (AvgIpc) is 2.97. The van der Waals surface area contributed by atoms with Crippen molar-refractivity contribution in [2.75, 3.05) is 7.11 Å². The van der Waals surface area contributed by atoms with Crippen LogP contribution in [0.3, 0.4) is 0 Å². The van der Waals surface area contributed by atoms with Crippen LogP contribution >= 0.6 is 0 Å². The van der Waals surface area contributed by atoms with E-state index in [2.05, 4.69) is 15.5 Å². The van der Waals surface area contributed by atoms with Gasteiger partial charge in [-0.05, 0) is 43.0 Å². The fraction of sp³-hybridized carbons (Fsp3) is 0.333. The number of H-pyrrole nitrogens is 1. The fourth-order valence-corrected chi connectivity index (χ4v) is 2.61. The first-order chi connectivity index (χ1) is 9.78. The highest BCUT2D eigenvalue weighted by atomic mass is 16.5. The summed E-state index contributed by atoms with van der Waals surface area (Å²) in [7, 11) is 1.59. The Hall–Kier alpha value is -2.30. The molecule has 0 spiro atoms. The Kier molecular flexibility index (Phi) is 3.41. The smallest absolute Gasteiger partial charge is 0.251 e. The highest BCUT2D eigenvalue weighted by molar-refractivity contribution is 5.94. The second kappa shape index (κ2) is 5.36. The van der Waals surface area contributed by atoms with Crippen molar-refractivity contribution in [1.82, 2.24) is 15.5 Å². The molecule has 5 heteroatoms. The molecule has 1 heterocycles. The topological polar surface area (TPSA) is 67.0 Å². The molecule has 5 nitrogen and oxygen atoms in total. The van der Waals surface area contributed by atoms with Crippen LogP contribution in [0.25, 0.3) is 0 Å². The van der Waals surface area contributed by atoms with E-state index < -0.39 is 0 Å². The van der Waals surface area contributed by atoms with Crippen molar-refractivity contribution in [3.63, 3.8) is 0 Å². The predicted molar refractivity (Wildman–Crippen MR) is 74.7 cm³/mol. The molecule has 2 aromatic rings. The van der Waals surface area contributed by atoms with E-state index in [0.717, 1.165) is 25.0 Å². The zero-order valence-electron chi connectivity index (χ0n) is 11.3. The Labute approximate surface area is 117 Å². The van der Waals surface area contributed by atoms with Gasteiger partial charge in [-0.15, -0.1) is 0 Å². The molecule has 0 aliphatic heterocycles. The normalized spacial score (nSPS) is 17.4. The van der Waals surface area contributed by atoms with Crippen molar-refractivity contribution < 1.29 is 9.53 Å². The van der Waals surface area contributed by atoms with Gasteiger partial charge in [-0.2, -0.15) is 5.10 Å². The molecule has 20 heavy (non-hydrogen) atoms. The Morgan fingerprint density at radius 2 is 2.40 bits per heavy atom. The highest BCUT2D eigenvalue weighted by Gasteiger charge is 2.23. The van der Waals surface area contributed by atoms with Crippen LogP contribution in [0.1, 0.15) is 40.5 Å². The number of fused-ring (bicyclic) bond motifs is 1. The second-order valence-electron chi connectivity index (χ2n) is 4.96. The van der Waals surface area contributed by atoms with Gasteiger partial charge < -0.3 is 10.1 Å². The Balaban J connectivity index is 1.77. The van der Waals surface area contributed by atoms with Crippen molar-refractivity contribution in [3.8, 4) is 5.75 Å². The van der Waals surface area contributed by atoms with Crippen LogP contribution in [0.15, 0.2) is 30.5 Å². The summed E-state index contributed by atoms with van der Waals surface area (Å²) in [6, 6.07) is 7.18. The number of nitrogens with one attached hydrogen (secondary N) is 2. The summed E-state index contributed by atoms with van der Waals surface area (Å²) in [6.07, 6.45) is 4.87. The Morgan fingerprint density at radius 3 is 3.25 bits per heavy atom. The number of hydrogen-bond donors (Lipinski definition) is 2. The van der Waals surface area contributed by atoms with Crippen LogP contribution in [-0.4, -0.2) is 23.2 Å². The molecule has 1 aliphatic rings. The summed E-state index contributed by atoms with van der Waals surface area (Å²) in [5.74, 6) is 0.597. The molecular formula is C15H17N3O2. The third-order valence-electron chi connectivity index (χ3n) is 3.68. The summed E-state index contributed by atoms with van der Waals surface area (Å²) in [5, 5.41) is 10.1. The molecular weight excluding hydrogens is 254 g/mol. The number of hydrogen-bond acceptors (Lipinski definition) is 3. The molecule has 0 radical (unpaired) electrons. The van der Waals surface area contributed by atoms with Gasteiger partial charge in [0, 0.05) is 5.56 Å². The van der Waals surface area contributed by atoms with E-state index in [1.165, 1.54) is 5.56 Å². The summed E-state index contributed by atoms with van der Waals surface area (Å²) >= 11 is 0. The van der Waals surface area contributed by atoms with Crippen LogP contribution in [0.5, 0.6) is 5.75 Å². The lowest BCUT2D eigenvalue weighted by Crippen LogP contribution is -2.31. The predicted octanol–water partition coefficient (Wildman–Crippen LogP) is 2.23. The number of amides is 1. The summed E-state index contributed by atoms with van der Waals surface area (Å²) in [5.41, 5.74) is 2.84. The molecule has 2 N–H and O–H groups in total. The third kappa shape index (κ3) is 2.39. The zero-order valence-corrected chi connectivity index (χ0v) is 11.3. The highest BCUT2D eigenvalue weighted by Crippen LogP contribution is 2.28. The molecule has 0 bridgehead atoms. The summed E-state index contributed by atoms with van der Waals surface area (Å²) in [6.45, 7) is 0. The van der Waals surface area contributed by atoms with Crippen molar-refractivity contribution in [2.24, 2.45) is 0 Å². The zero-order chi connectivity index (χ0) is 13.9. The Morgan fingerprint density at radius 1 is 1.50 bits per heavy atom. The monoisotopic (exact) mass is 271 g/mol. The van der Waals surface area contributed by atoms with E-state index in [1.807, 2.05) is 18.3 Å². The first kappa shape index (κ1) is 12.7. The van der Waals surface area contributed by atoms with Gasteiger partial charge in [0.05, 0.1) is 25.0 Å². The van der Waals surface area contributed by atoms with Gasteiger partial charge >= 0.3 is 0 Å². The maximum atomic E-state index is 12.3. The van der Waals surface area contributed by atoms with Gasteiger partial charge in [0.1, 0.15) is 5.75 Å². The largest absolute Gasteiger partial charge is 0.497 e. The first-order valence-electron chi connectivity index (χ1n) is 6.75. The number of aromatic nitrogens is 2. The quantitative estimate of drug-likeness (QED) is 0.899. The van der Waals surface area contributed by atoms with Gasteiger partial charge in [0.25, 0.3) is 5.91 Å². The molecule has 0 saturated heterocycles. The Bertz CT molecular complexity index is 621. The fourth-order valence-electron chi connectivity index (χ4n) is 2.61. The van der Waals surface area contributed by atoms with Crippen molar-refractivity contribution >= 4 is 5.91 Å². The second-order valence-corrected chi connectivity index (χ2v) is 4.96. The van der Waals surface area contributed by atoms with E-state index in [-0.39, 0.29) is 11.9 Å². The number of aryl methyl sites for hydroxylation is 1. The van der Waals surface area contributed by atoms with E-state index >= 15 is 0 Å². The van der Waals surface area contributed by atoms with E-state index in [1.54, 1.807) is 19.2 Å². The molecule has 1 aliphatic carbocycles. The molecule has 0 saturated carbocycles. The minimum absolute atomic E-state index is 0.0138. The number of carbonyl (C=O) groups is 1. The minimum atomic E-state index is -0.0867. The summed E-state index contributed by atoms with van der Waals surface area (Å²) < 4.78 is 5.14. The summed E-state index contributed by atoms with van der Waals surface area (Å²) in [4.78, 5) is 12.3. The third-order valence-corrected chi connectivity index (χ3v) is 3.68. The van der Waals surface area contributed by atoms with Crippen LogP contribution in [0.4, 0.5) is 0 Å². The van der Waals surface area contributed by atoms with Crippen LogP contribution in [0.2, 0.25) is 0 Å².